The molecule has 2 aromatic carbocycles. The van der Waals surface area contributed by atoms with Crippen molar-refractivity contribution in [3.8, 4) is 11.5 Å². The molecule has 0 amide bonds. The topological polar surface area (TPSA) is 61.8 Å². The summed E-state index contributed by atoms with van der Waals surface area (Å²) in [4.78, 5) is -0.0694. The van der Waals surface area contributed by atoms with Gasteiger partial charge in [0.2, 0.25) is 0 Å². The predicted octanol–water partition coefficient (Wildman–Crippen LogP) is 3.66. The predicted molar refractivity (Wildman–Crippen MR) is 87.7 cm³/mol. The van der Waals surface area contributed by atoms with Crippen molar-refractivity contribution in [3.63, 3.8) is 0 Å². The van der Waals surface area contributed by atoms with E-state index in [0.29, 0.717) is 25.6 Å². The Balaban J connectivity index is 2.06. The molecule has 0 saturated heterocycles. The molecule has 8 heteroatoms. The molecular formula is C16H16ClFO5S. The third-order valence-electron chi connectivity index (χ3n) is 2.91. The largest absolute Gasteiger partial charge is 0.491 e. The first-order chi connectivity index (χ1) is 11.4. The summed E-state index contributed by atoms with van der Waals surface area (Å²) in [6.45, 7) is 3.29. The van der Waals surface area contributed by atoms with E-state index >= 15 is 0 Å². The van der Waals surface area contributed by atoms with E-state index in [4.69, 9.17) is 25.3 Å². The van der Waals surface area contributed by atoms with Crippen LogP contribution >= 0.6 is 11.6 Å². The van der Waals surface area contributed by atoms with Crippen LogP contribution < -0.4 is 8.92 Å². The Morgan fingerprint density at radius 3 is 2.42 bits per heavy atom. The normalized spacial score (nSPS) is 11.3. The van der Waals surface area contributed by atoms with E-state index in [1.165, 1.54) is 24.3 Å². The summed E-state index contributed by atoms with van der Waals surface area (Å²) in [5, 5.41) is -0.130. The number of rotatable bonds is 8. The molecule has 0 aliphatic heterocycles. The van der Waals surface area contributed by atoms with Crippen LogP contribution in [-0.4, -0.2) is 28.2 Å². The molecule has 24 heavy (non-hydrogen) atoms. The highest BCUT2D eigenvalue weighted by atomic mass is 35.5. The first-order valence-electron chi connectivity index (χ1n) is 7.12. The van der Waals surface area contributed by atoms with Crippen LogP contribution in [0, 0.1) is 5.82 Å². The summed E-state index contributed by atoms with van der Waals surface area (Å²) in [7, 11) is -4.08. The molecule has 0 aromatic heterocycles. The smallest absolute Gasteiger partial charge is 0.339 e. The SMILES string of the molecule is CCOCCOc1ccc(S(=O)(=O)Oc2ccc(F)cc2Cl)cc1. The Hall–Kier alpha value is -1.83. The van der Waals surface area contributed by atoms with E-state index in [1.54, 1.807) is 0 Å². The molecule has 0 unspecified atom stereocenters. The van der Waals surface area contributed by atoms with Crippen LogP contribution in [-0.2, 0) is 14.9 Å². The molecule has 0 radical (unpaired) electrons. The molecule has 0 heterocycles. The van der Waals surface area contributed by atoms with E-state index in [-0.39, 0.29) is 15.7 Å². The van der Waals surface area contributed by atoms with Gasteiger partial charge in [-0.2, -0.15) is 8.42 Å². The molecule has 0 spiro atoms. The maximum absolute atomic E-state index is 13.0. The van der Waals surface area contributed by atoms with Gasteiger partial charge in [0.05, 0.1) is 11.6 Å². The maximum atomic E-state index is 13.0. The Kier molecular flexibility index (Phi) is 6.42. The van der Waals surface area contributed by atoms with E-state index in [0.717, 1.165) is 18.2 Å². The average molecular weight is 375 g/mol. The van der Waals surface area contributed by atoms with Crippen molar-refractivity contribution in [2.24, 2.45) is 0 Å². The van der Waals surface area contributed by atoms with Crippen LogP contribution in [0.15, 0.2) is 47.4 Å². The van der Waals surface area contributed by atoms with Gasteiger partial charge in [0.15, 0.2) is 5.75 Å². The summed E-state index contributed by atoms with van der Waals surface area (Å²) in [5.74, 6) is -0.220. The zero-order chi connectivity index (χ0) is 17.6. The molecule has 0 fully saturated rings. The quantitative estimate of drug-likeness (QED) is 0.521. The molecule has 5 nitrogen and oxygen atoms in total. The lowest BCUT2D eigenvalue weighted by Gasteiger charge is -2.10. The highest BCUT2D eigenvalue weighted by Gasteiger charge is 2.18. The monoisotopic (exact) mass is 374 g/mol. The van der Waals surface area contributed by atoms with Gasteiger partial charge in [0, 0.05) is 6.61 Å². The van der Waals surface area contributed by atoms with Crippen molar-refractivity contribution >= 4 is 21.7 Å². The molecular weight excluding hydrogens is 359 g/mol. The Bertz CT molecular complexity index is 778. The van der Waals surface area contributed by atoms with Crippen molar-refractivity contribution in [2.75, 3.05) is 19.8 Å². The van der Waals surface area contributed by atoms with Crippen LogP contribution in [0.25, 0.3) is 0 Å². The lowest BCUT2D eigenvalue weighted by Crippen LogP contribution is -2.10. The lowest BCUT2D eigenvalue weighted by molar-refractivity contribution is 0.110. The van der Waals surface area contributed by atoms with Gasteiger partial charge in [-0.1, -0.05) is 11.6 Å². The van der Waals surface area contributed by atoms with Crippen molar-refractivity contribution in [2.45, 2.75) is 11.8 Å². The van der Waals surface area contributed by atoms with Crippen LogP contribution in [0.2, 0.25) is 5.02 Å². The number of hydrogen-bond acceptors (Lipinski definition) is 5. The fourth-order valence-corrected chi connectivity index (χ4v) is 2.97. The fourth-order valence-electron chi connectivity index (χ4n) is 1.77. The zero-order valence-corrected chi connectivity index (χ0v) is 14.4. The van der Waals surface area contributed by atoms with Gasteiger partial charge in [-0.15, -0.1) is 0 Å². The number of halogens is 2. The van der Waals surface area contributed by atoms with Gasteiger partial charge >= 0.3 is 10.1 Å². The maximum Gasteiger partial charge on any atom is 0.339 e. The summed E-state index contributed by atoms with van der Waals surface area (Å²) in [5.41, 5.74) is 0. The Labute approximate surface area is 145 Å². The Morgan fingerprint density at radius 1 is 1.08 bits per heavy atom. The zero-order valence-electron chi connectivity index (χ0n) is 12.9. The van der Waals surface area contributed by atoms with E-state index < -0.39 is 15.9 Å². The van der Waals surface area contributed by atoms with Crippen LogP contribution in [0.5, 0.6) is 11.5 Å². The van der Waals surface area contributed by atoms with Crippen LogP contribution in [0.1, 0.15) is 6.92 Å². The Morgan fingerprint density at radius 2 is 1.79 bits per heavy atom. The van der Waals surface area contributed by atoms with E-state index in [2.05, 4.69) is 0 Å². The van der Waals surface area contributed by atoms with Crippen molar-refractivity contribution in [1.82, 2.24) is 0 Å². The van der Waals surface area contributed by atoms with Gasteiger partial charge in [-0.05, 0) is 49.4 Å². The highest BCUT2D eigenvalue weighted by Crippen LogP contribution is 2.28. The molecule has 0 atom stereocenters. The van der Waals surface area contributed by atoms with Gasteiger partial charge in [-0.3, -0.25) is 0 Å². The second kappa shape index (κ2) is 8.32. The summed E-state index contributed by atoms with van der Waals surface area (Å²) in [6, 6.07) is 8.91. The van der Waals surface area contributed by atoms with Gasteiger partial charge in [-0.25, -0.2) is 4.39 Å². The molecule has 0 bridgehead atoms. The molecule has 0 saturated carbocycles. The number of ether oxygens (including phenoxy) is 2. The number of benzene rings is 2. The third kappa shape index (κ3) is 5.09. The highest BCUT2D eigenvalue weighted by molar-refractivity contribution is 7.87. The van der Waals surface area contributed by atoms with Crippen molar-refractivity contribution < 1.29 is 26.5 Å². The van der Waals surface area contributed by atoms with Crippen LogP contribution in [0.3, 0.4) is 0 Å². The molecule has 2 rings (SSSR count). The van der Waals surface area contributed by atoms with Gasteiger partial charge < -0.3 is 13.7 Å². The fraction of sp³-hybridized carbons (Fsp3) is 0.250. The second-order valence-electron chi connectivity index (χ2n) is 4.63. The van der Waals surface area contributed by atoms with Gasteiger partial charge in [0.25, 0.3) is 0 Å². The molecule has 130 valence electrons. The molecule has 0 aliphatic carbocycles. The van der Waals surface area contributed by atoms with Crippen LogP contribution in [0.4, 0.5) is 4.39 Å². The van der Waals surface area contributed by atoms with E-state index in [9.17, 15) is 12.8 Å². The molecule has 2 aromatic rings. The minimum absolute atomic E-state index is 0.0694. The summed E-state index contributed by atoms with van der Waals surface area (Å²) >= 11 is 5.77. The van der Waals surface area contributed by atoms with Gasteiger partial charge in [0.1, 0.15) is 23.1 Å². The lowest BCUT2D eigenvalue weighted by atomic mass is 10.3. The third-order valence-corrected chi connectivity index (χ3v) is 4.45. The van der Waals surface area contributed by atoms with Crippen molar-refractivity contribution in [3.05, 3.63) is 53.3 Å². The molecule has 0 N–H and O–H groups in total. The standard InChI is InChI=1S/C16H16ClFO5S/c1-2-21-9-10-22-13-4-6-14(7-5-13)24(19,20)23-16-8-3-12(18)11-15(16)17/h3-8,11H,2,9-10H2,1H3. The summed E-state index contributed by atoms with van der Waals surface area (Å²) < 4.78 is 52.9. The minimum atomic E-state index is -4.08. The van der Waals surface area contributed by atoms with E-state index in [1.807, 2.05) is 6.92 Å². The van der Waals surface area contributed by atoms with Crippen molar-refractivity contribution in [1.29, 1.82) is 0 Å². The first-order valence-corrected chi connectivity index (χ1v) is 8.91. The second-order valence-corrected chi connectivity index (χ2v) is 6.58. The summed E-state index contributed by atoms with van der Waals surface area (Å²) in [6.07, 6.45) is 0. The minimum Gasteiger partial charge on any atom is -0.491 e. The first kappa shape index (κ1) is 18.5. The number of hydrogen-bond donors (Lipinski definition) is 0. The molecule has 0 aliphatic rings. The average Bonchev–Trinajstić information content (AvgIpc) is 2.55.